The molecular weight excluding hydrogens is 194 g/mol. The Hall–Kier alpha value is 0.270. The number of hydrogen-bond acceptors (Lipinski definition) is 3. The molecule has 2 bridgehead atoms. The molecule has 0 aromatic rings. The van der Waals surface area contributed by atoms with Crippen LogP contribution >= 0.6 is 11.8 Å². The van der Waals surface area contributed by atoms with Crippen LogP contribution in [0.2, 0.25) is 0 Å². The topological polar surface area (TPSA) is 23.5 Å². The van der Waals surface area contributed by atoms with Crippen molar-refractivity contribution in [2.75, 3.05) is 18.8 Å². The van der Waals surface area contributed by atoms with Gasteiger partial charge < -0.3 is 5.11 Å². The zero-order valence-electron chi connectivity index (χ0n) is 8.56. The van der Waals surface area contributed by atoms with Crippen LogP contribution in [0.15, 0.2) is 0 Å². The Morgan fingerprint density at radius 2 is 2.29 bits per heavy atom. The third-order valence-electron chi connectivity index (χ3n) is 4.10. The van der Waals surface area contributed by atoms with Gasteiger partial charge in [0.15, 0.2) is 0 Å². The molecule has 80 valence electrons. The second kappa shape index (κ2) is 3.69. The Morgan fingerprint density at radius 3 is 2.86 bits per heavy atom. The first-order valence-electron chi connectivity index (χ1n) is 5.86. The molecule has 1 saturated carbocycles. The van der Waals surface area contributed by atoms with E-state index in [1.165, 1.54) is 38.1 Å². The van der Waals surface area contributed by atoms with Gasteiger partial charge in [0.1, 0.15) is 0 Å². The van der Waals surface area contributed by atoms with Gasteiger partial charge in [0.2, 0.25) is 0 Å². The van der Waals surface area contributed by atoms with Gasteiger partial charge in [-0.1, -0.05) is 6.42 Å². The van der Waals surface area contributed by atoms with Crippen LogP contribution in [0.1, 0.15) is 25.7 Å². The van der Waals surface area contributed by atoms with E-state index >= 15 is 0 Å². The largest absolute Gasteiger partial charge is 0.393 e. The minimum Gasteiger partial charge on any atom is -0.393 e. The van der Waals surface area contributed by atoms with E-state index < -0.39 is 0 Å². The normalized spacial score (nSPS) is 47.8. The van der Waals surface area contributed by atoms with Crippen LogP contribution in [0.25, 0.3) is 0 Å². The quantitative estimate of drug-likeness (QED) is 0.749. The Morgan fingerprint density at radius 1 is 1.36 bits per heavy atom. The number of aliphatic hydroxyl groups excluding tert-OH is 1. The maximum absolute atomic E-state index is 9.79. The second-order valence-corrected chi connectivity index (χ2v) is 6.39. The van der Waals surface area contributed by atoms with E-state index in [0.717, 1.165) is 17.7 Å². The van der Waals surface area contributed by atoms with Gasteiger partial charge in [-0.2, -0.15) is 11.8 Å². The Balaban J connectivity index is 1.57. The highest BCUT2D eigenvalue weighted by Gasteiger charge is 2.40. The first kappa shape index (κ1) is 9.49. The molecule has 1 N–H and O–H groups in total. The number of likely N-dealkylation sites (tertiary alicyclic amines) is 1. The summed E-state index contributed by atoms with van der Waals surface area (Å²) in [6.07, 6.45) is 4.95. The van der Waals surface area contributed by atoms with E-state index in [-0.39, 0.29) is 6.10 Å². The maximum atomic E-state index is 9.79. The Labute approximate surface area is 90.0 Å². The van der Waals surface area contributed by atoms with E-state index in [4.69, 9.17) is 0 Å². The highest BCUT2D eigenvalue weighted by atomic mass is 32.2. The van der Waals surface area contributed by atoms with Crippen molar-refractivity contribution in [2.24, 2.45) is 5.92 Å². The van der Waals surface area contributed by atoms with Crippen LogP contribution in [-0.2, 0) is 0 Å². The average Bonchev–Trinajstić information content (AvgIpc) is 2.83. The minimum absolute atomic E-state index is 0.00165. The van der Waals surface area contributed by atoms with Crippen molar-refractivity contribution in [1.29, 1.82) is 0 Å². The molecule has 3 rings (SSSR count). The summed E-state index contributed by atoms with van der Waals surface area (Å²) in [4.78, 5) is 2.64. The fourth-order valence-electron chi connectivity index (χ4n) is 3.23. The number of fused-ring (bicyclic) bond motifs is 2. The molecule has 0 amide bonds. The molecule has 0 radical (unpaired) electrons. The number of hydrogen-bond donors (Lipinski definition) is 1. The molecule has 2 saturated heterocycles. The third-order valence-corrected chi connectivity index (χ3v) is 5.49. The summed E-state index contributed by atoms with van der Waals surface area (Å²) in [7, 11) is 0. The average molecular weight is 213 g/mol. The van der Waals surface area contributed by atoms with E-state index in [9.17, 15) is 5.11 Å². The number of aliphatic hydroxyl groups is 1. The molecule has 3 aliphatic rings. The molecule has 0 spiro atoms. The first-order valence-corrected chi connectivity index (χ1v) is 6.91. The molecule has 0 aromatic carbocycles. The van der Waals surface area contributed by atoms with Crippen LogP contribution < -0.4 is 0 Å². The molecule has 3 heteroatoms. The highest BCUT2D eigenvalue weighted by molar-refractivity contribution is 8.00. The number of thioether (sulfide) groups is 1. The van der Waals surface area contributed by atoms with Gasteiger partial charge in [-0.25, -0.2) is 0 Å². The number of nitrogens with zero attached hydrogens (tertiary/aromatic N) is 1. The summed E-state index contributed by atoms with van der Waals surface area (Å²) in [5.41, 5.74) is 0. The summed E-state index contributed by atoms with van der Waals surface area (Å²) < 4.78 is 0. The van der Waals surface area contributed by atoms with Gasteiger partial charge in [0, 0.05) is 30.1 Å². The standard InChI is InChI=1S/C11H19NOS/c13-11-3-1-2-8(11)5-12-6-10-4-9(12)7-14-10/h8-11,13H,1-7H2. The lowest BCUT2D eigenvalue weighted by atomic mass is 10.1. The van der Waals surface area contributed by atoms with Crippen molar-refractivity contribution >= 4 is 11.8 Å². The van der Waals surface area contributed by atoms with Crippen LogP contribution in [0, 0.1) is 5.92 Å². The van der Waals surface area contributed by atoms with Crippen LogP contribution in [-0.4, -0.2) is 46.2 Å². The molecule has 1 aliphatic carbocycles. The molecule has 14 heavy (non-hydrogen) atoms. The summed E-state index contributed by atoms with van der Waals surface area (Å²) in [6, 6.07) is 0.845. The van der Waals surface area contributed by atoms with Crippen molar-refractivity contribution in [3.63, 3.8) is 0 Å². The molecule has 2 nitrogen and oxygen atoms in total. The van der Waals surface area contributed by atoms with Crippen LogP contribution in [0.3, 0.4) is 0 Å². The summed E-state index contributed by atoms with van der Waals surface area (Å²) in [5.74, 6) is 1.92. The highest BCUT2D eigenvalue weighted by Crippen LogP contribution is 2.39. The van der Waals surface area contributed by atoms with Crippen molar-refractivity contribution in [1.82, 2.24) is 4.90 Å². The van der Waals surface area contributed by atoms with E-state index in [1.54, 1.807) is 0 Å². The fraction of sp³-hybridized carbons (Fsp3) is 1.00. The van der Waals surface area contributed by atoms with Gasteiger partial charge >= 0.3 is 0 Å². The van der Waals surface area contributed by atoms with E-state index in [1.807, 2.05) is 0 Å². The smallest absolute Gasteiger partial charge is 0.0580 e. The predicted molar refractivity (Wildman–Crippen MR) is 59.6 cm³/mol. The van der Waals surface area contributed by atoms with Gasteiger partial charge in [0.25, 0.3) is 0 Å². The second-order valence-electron chi connectivity index (χ2n) is 5.06. The predicted octanol–water partition coefficient (Wildman–Crippen LogP) is 1.34. The lowest BCUT2D eigenvalue weighted by molar-refractivity contribution is 0.100. The van der Waals surface area contributed by atoms with Gasteiger partial charge in [-0.3, -0.25) is 4.90 Å². The zero-order valence-corrected chi connectivity index (χ0v) is 9.38. The Kier molecular flexibility index (Phi) is 2.50. The summed E-state index contributed by atoms with van der Waals surface area (Å²) in [5, 5.41) is 10.7. The van der Waals surface area contributed by atoms with Crippen molar-refractivity contribution in [2.45, 2.75) is 43.1 Å². The minimum atomic E-state index is 0.00165. The summed E-state index contributed by atoms with van der Waals surface area (Å²) in [6.45, 7) is 2.46. The Bertz CT molecular complexity index is 223. The number of rotatable bonds is 2. The molecule has 2 aliphatic heterocycles. The van der Waals surface area contributed by atoms with Crippen LogP contribution in [0.4, 0.5) is 0 Å². The van der Waals surface area contributed by atoms with Crippen molar-refractivity contribution in [3.8, 4) is 0 Å². The molecular formula is C11H19NOS. The fourth-order valence-corrected chi connectivity index (χ4v) is 4.73. The van der Waals surface area contributed by atoms with Crippen molar-refractivity contribution in [3.05, 3.63) is 0 Å². The molecule has 4 atom stereocenters. The van der Waals surface area contributed by atoms with Gasteiger partial charge in [0.05, 0.1) is 6.10 Å². The molecule has 4 unspecified atom stereocenters. The first-order chi connectivity index (χ1) is 6.83. The monoisotopic (exact) mass is 213 g/mol. The molecule has 2 heterocycles. The lowest BCUT2D eigenvalue weighted by Crippen LogP contribution is -2.39. The van der Waals surface area contributed by atoms with Gasteiger partial charge in [-0.15, -0.1) is 0 Å². The summed E-state index contributed by atoms with van der Waals surface area (Å²) >= 11 is 2.15. The van der Waals surface area contributed by atoms with Crippen LogP contribution in [0.5, 0.6) is 0 Å². The van der Waals surface area contributed by atoms with Gasteiger partial charge in [-0.05, 0) is 25.2 Å². The van der Waals surface area contributed by atoms with E-state index in [2.05, 4.69) is 16.7 Å². The van der Waals surface area contributed by atoms with Crippen molar-refractivity contribution < 1.29 is 5.11 Å². The maximum Gasteiger partial charge on any atom is 0.0580 e. The lowest BCUT2D eigenvalue weighted by Gasteiger charge is -2.30. The molecule has 0 aromatic heterocycles. The van der Waals surface area contributed by atoms with E-state index in [0.29, 0.717) is 5.92 Å². The third kappa shape index (κ3) is 1.59. The SMILES string of the molecule is OC1CCCC1CN1CC2CC1CS2. The molecule has 3 fully saturated rings. The zero-order chi connectivity index (χ0) is 9.54.